The van der Waals surface area contributed by atoms with Gasteiger partial charge in [0.2, 0.25) is 0 Å². The summed E-state index contributed by atoms with van der Waals surface area (Å²) in [5.74, 6) is 0.195. The van der Waals surface area contributed by atoms with Gasteiger partial charge < -0.3 is 10.3 Å². The topological polar surface area (TPSA) is 70.7 Å². The molecule has 1 atom stereocenters. The van der Waals surface area contributed by atoms with Crippen LogP contribution in [0, 0.1) is 5.82 Å². The van der Waals surface area contributed by atoms with Crippen LogP contribution >= 0.6 is 0 Å². The molecule has 3 aromatic carbocycles. The summed E-state index contributed by atoms with van der Waals surface area (Å²) in [7, 11) is 0. The number of nitrogens with zero attached hydrogens (tertiary/aromatic N) is 2. The van der Waals surface area contributed by atoms with Crippen LogP contribution in [0.2, 0.25) is 0 Å². The number of nitrogens with one attached hydrogen (secondary N) is 2. The zero-order valence-corrected chi connectivity index (χ0v) is 17.9. The number of carbonyl (C=O) groups is 1. The van der Waals surface area contributed by atoms with E-state index < -0.39 is 0 Å². The summed E-state index contributed by atoms with van der Waals surface area (Å²) < 4.78 is 13.1. The molecule has 5 nitrogen and oxygen atoms in total. The van der Waals surface area contributed by atoms with Gasteiger partial charge in [0.05, 0.1) is 17.9 Å². The summed E-state index contributed by atoms with van der Waals surface area (Å²) in [6.45, 7) is 1.87. The summed E-state index contributed by atoms with van der Waals surface area (Å²) in [5, 5.41) is 5.12. The highest BCUT2D eigenvalue weighted by Gasteiger charge is 2.13. The maximum atomic E-state index is 13.1. The smallest absolute Gasteiger partial charge is 0.251 e. The van der Waals surface area contributed by atoms with E-state index in [4.69, 9.17) is 0 Å². The van der Waals surface area contributed by atoms with E-state index in [2.05, 4.69) is 20.3 Å². The zero-order chi connectivity index (χ0) is 22.8. The van der Waals surface area contributed by atoms with Gasteiger partial charge in [-0.3, -0.25) is 9.78 Å². The Balaban J connectivity index is 1.30. The van der Waals surface area contributed by atoms with Crippen molar-refractivity contribution in [3.8, 4) is 22.8 Å². The van der Waals surface area contributed by atoms with Crippen molar-refractivity contribution in [2.75, 3.05) is 0 Å². The molecule has 2 aromatic heterocycles. The van der Waals surface area contributed by atoms with Crippen LogP contribution < -0.4 is 5.32 Å². The molecule has 1 unspecified atom stereocenters. The van der Waals surface area contributed by atoms with Crippen molar-refractivity contribution < 1.29 is 9.18 Å². The van der Waals surface area contributed by atoms with E-state index in [1.807, 2.05) is 55.6 Å². The highest BCUT2D eigenvalue weighted by Crippen LogP contribution is 2.24. The lowest BCUT2D eigenvalue weighted by Crippen LogP contribution is -2.26. The number of benzene rings is 3. The Morgan fingerprint density at radius 2 is 1.64 bits per heavy atom. The summed E-state index contributed by atoms with van der Waals surface area (Å²) in [5.41, 5.74) is 3.91. The molecule has 0 spiro atoms. The summed E-state index contributed by atoms with van der Waals surface area (Å²) in [4.78, 5) is 24.9. The molecule has 5 aromatic rings. The van der Waals surface area contributed by atoms with Crippen molar-refractivity contribution in [3.63, 3.8) is 0 Å². The number of imidazole rings is 1. The lowest BCUT2D eigenvalue weighted by atomic mass is 10.1. The van der Waals surface area contributed by atoms with Gasteiger partial charge in [-0.1, -0.05) is 48.5 Å². The predicted octanol–water partition coefficient (Wildman–Crippen LogP) is 5.92. The molecule has 2 N–H and O–H groups in total. The molecule has 0 saturated heterocycles. The zero-order valence-electron chi connectivity index (χ0n) is 17.9. The first-order valence-electron chi connectivity index (χ1n) is 10.6. The molecule has 2 heterocycles. The maximum absolute atomic E-state index is 13.1. The third-order valence-electron chi connectivity index (χ3n) is 5.63. The number of hydrogen-bond acceptors (Lipinski definition) is 3. The number of carbonyl (C=O) groups excluding carboxylic acids is 1. The van der Waals surface area contributed by atoms with Gasteiger partial charge in [-0.2, -0.15) is 0 Å². The minimum absolute atomic E-state index is 0.191. The molecule has 0 fully saturated rings. The van der Waals surface area contributed by atoms with E-state index in [9.17, 15) is 9.18 Å². The number of halogens is 1. The molecule has 0 aliphatic rings. The van der Waals surface area contributed by atoms with Crippen LogP contribution in [0.1, 0.15) is 28.9 Å². The molecule has 0 aliphatic carbocycles. The first-order valence-corrected chi connectivity index (χ1v) is 10.6. The molecule has 0 radical (unpaired) electrons. The van der Waals surface area contributed by atoms with Crippen LogP contribution in [0.25, 0.3) is 33.5 Å². The van der Waals surface area contributed by atoms with Gasteiger partial charge in [-0.15, -0.1) is 0 Å². The maximum Gasteiger partial charge on any atom is 0.251 e. The number of fused-ring (bicyclic) bond motifs is 1. The fourth-order valence-corrected chi connectivity index (χ4v) is 3.73. The van der Waals surface area contributed by atoms with Gasteiger partial charge >= 0.3 is 0 Å². The molecular weight excluding hydrogens is 415 g/mol. The Labute approximate surface area is 190 Å². The molecule has 0 aliphatic heterocycles. The Bertz CT molecular complexity index is 1430. The van der Waals surface area contributed by atoms with Crippen molar-refractivity contribution in [3.05, 3.63) is 108 Å². The van der Waals surface area contributed by atoms with Crippen LogP contribution in [0.4, 0.5) is 4.39 Å². The minimum Gasteiger partial charge on any atom is -0.346 e. The minimum atomic E-state index is -0.300. The van der Waals surface area contributed by atoms with Crippen molar-refractivity contribution in [2.24, 2.45) is 0 Å². The normalized spacial score (nSPS) is 11.9. The molecule has 0 bridgehead atoms. The van der Waals surface area contributed by atoms with Gasteiger partial charge in [0.15, 0.2) is 5.82 Å². The van der Waals surface area contributed by atoms with E-state index in [1.165, 1.54) is 12.1 Å². The second-order valence-corrected chi connectivity index (χ2v) is 7.89. The third-order valence-corrected chi connectivity index (χ3v) is 5.63. The molecule has 5 rings (SSSR count). The van der Waals surface area contributed by atoms with Gasteiger partial charge in [0.1, 0.15) is 11.5 Å². The van der Waals surface area contributed by atoms with Crippen LogP contribution in [0.5, 0.6) is 0 Å². The number of hydrogen-bond donors (Lipinski definition) is 2. The number of aromatic amines is 1. The lowest BCUT2D eigenvalue weighted by molar-refractivity contribution is 0.0940. The first-order chi connectivity index (χ1) is 16.1. The number of amides is 1. The Kier molecular flexibility index (Phi) is 5.40. The Morgan fingerprint density at radius 1 is 0.909 bits per heavy atom. The number of H-pyrrole nitrogens is 1. The molecule has 33 heavy (non-hydrogen) atoms. The van der Waals surface area contributed by atoms with Gasteiger partial charge in [0.25, 0.3) is 5.91 Å². The fourth-order valence-electron chi connectivity index (χ4n) is 3.73. The molecule has 0 saturated carbocycles. The quantitative estimate of drug-likeness (QED) is 0.359. The molecule has 162 valence electrons. The van der Waals surface area contributed by atoms with Crippen molar-refractivity contribution in [2.45, 2.75) is 13.0 Å². The second kappa shape index (κ2) is 8.67. The summed E-state index contributed by atoms with van der Waals surface area (Å²) in [6.07, 6.45) is 3.60. The SMILES string of the molecule is CC(NC(=O)c1ccc(-c2cnc(-c3cc4ccccc4cn3)[nH]2)cc1)c1ccc(F)cc1. The van der Waals surface area contributed by atoms with Crippen molar-refractivity contribution >= 4 is 16.7 Å². The van der Waals surface area contributed by atoms with E-state index in [0.717, 1.165) is 33.3 Å². The fraction of sp³-hybridized carbons (Fsp3) is 0.0741. The Morgan fingerprint density at radius 3 is 2.39 bits per heavy atom. The van der Waals surface area contributed by atoms with Crippen molar-refractivity contribution in [1.82, 2.24) is 20.3 Å². The number of pyridine rings is 1. The highest BCUT2D eigenvalue weighted by atomic mass is 19.1. The largest absolute Gasteiger partial charge is 0.346 e. The van der Waals surface area contributed by atoms with Crippen LogP contribution in [-0.4, -0.2) is 20.9 Å². The van der Waals surface area contributed by atoms with E-state index in [-0.39, 0.29) is 17.8 Å². The molecular formula is C27H21FN4O. The Hall–Kier alpha value is -4.32. The first kappa shape index (κ1) is 20.6. The van der Waals surface area contributed by atoms with Gasteiger partial charge in [-0.05, 0) is 53.8 Å². The van der Waals surface area contributed by atoms with Crippen LogP contribution in [0.15, 0.2) is 91.3 Å². The second-order valence-electron chi connectivity index (χ2n) is 7.89. The van der Waals surface area contributed by atoms with E-state index >= 15 is 0 Å². The third kappa shape index (κ3) is 4.36. The number of rotatable bonds is 5. The van der Waals surface area contributed by atoms with E-state index in [0.29, 0.717) is 11.4 Å². The average molecular weight is 436 g/mol. The summed E-state index contributed by atoms with van der Waals surface area (Å²) >= 11 is 0. The van der Waals surface area contributed by atoms with Gasteiger partial charge in [-0.25, -0.2) is 9.37 Å². The molecule has 6 heteroatoms. The molecule has 1 amide bonds. The van der Waals surface area contributed by atoms with Crippen molar-refractivity contribution in [1.29, 1.82) is 0 Å². The standard InChI is InChI=1S/C27H21FN4O/c1-17(18-10-12-23(28)13-11-18)31-27(33)20-8-6-19(7-9-20)25-16-30-26(32-25)24-14-21-4-2-3-5-22(21)15-29-24/h2-17H,1H3,(H,30,32)(H,31,33). The van der Waals surface area contributed by atoms with E-state index in [1.54, 1.807) is 30.5 Å². The lowest BCUT2D eigenvalue weighted by Gasteiger charge is -2.14. The predicted molar refractivity (Wildman–Crippen MR) is 127 cm³/mol. The summed E-state index contributed by atoms with van der Waals surface area (Å²) in [6, 6.07) is 23.3. The average Bonchev–Trinajstić information content (AvgIpc) is 3.34. The van der Waals surface area contributed by atoms with Crippen LogP contribution in [-0.2, 0) is 0 Å². The van der Waals surface area contributed by atoms with Gasteiger partial charge in [0, 0.05) is 17.1 Å². The monoisotopic (exact) mass is 436 g/mol. The van der Waals surface area contributed by atoms with Crippen LogP contribution in [0.3, 0.4) is 0 Å². The number of aromatic nitrogens is 3. The highest BCUT2D eigenvalue weighted by molar-refractivity contribution is 5.95.